The van der Waals surface area contributed by atoms with E-state index in [-0.39, 0.29) is 10.7 Å². The first-order valence-electron chi connectivity index (χ1n) is 11.4. The van der Waals surface area contributed by atoms with Crippen molar-refractivity contribution in [3.63, 3.8) is 0 Å². The van der Waals surface area contributed by atoms with Gasteiger partial charge in [0.15, 0.2) is 0 Å². The molecular weight excluding hydrogens is 485 g/mol. The zero-order valence-corrected chi connectivity index (χ0v) is 20.0. The lowest BCUT2D eigenvalue weighted by atomic mass is 10.2. The number of aromatic nitrogens is 2. The fourth-order valence-electron chi connectivity index (χ4n) is 3.80. The number of nitrogens with zero attached hydrogens (tertiary/aromatic N) is 3. The van der Waals surface area contributed by atoms with Gasteiger partial charge in [-0.05, 0) is 42.5 Å². The van der Waals surface area contributed by atoms with Crippen LogP contribution in [-0.2, 0) is 11.3 Å². The molecule has 1 saturated heterocycles. The molecule has 1 aromatic heterocycles. The van der Waals surface area contributed by atoms with Crippen LogP contribution in [0.2, 0.25) is 5.02 Å². The summed E-state index contributed by atoms with van der Waals surface area (Å²) in [6.45, 7) is 3.93. The molecule has 0 unspecified atom stereocenters. The van der Waals surface area contributed by atoms with Crippen molar-refractivity contribution in [2.75, 3.05) is 36.9 Å². The van der Waals surface area contributed by atoms with Crippen LogP contribution in [0.1, 0.15) is 5.69 Å². The van der Waals surface area contributed by atoms with Crippen LogP contribution < -0.4 is 15.4 Å². The monoisotopic (exact) mass is 507 g/mol. The first kappa shape index (κ1) is 23.9. The highest BCUT2D eigenvalue weighted by atomic mass is 35.5. The van der Waals surface area contributed by atoms with Gasteiger partial charge in [0.1, 0.15) is 17.3 Å². The first-order valence-corrected chi connectivity index (χ1v) is 11.8. The van der Waals surface area contributed by atoms with Gasteiger partial charge in [-0.1, -0.05) is 17.7 Å². The number of anilines is 2. The molecule has 2 heterocycles. The number of hydrogen-bond donors (Lipinski definition) is 2. The third-order valence-corrected chi connectivity index (χ3v) is 5.86. The number of morpholine rings is 1. The number of ether oxygens (including phenoxy) is 2. The molecule has 3 aromatic carbocycles. The standard InChI is InChI=1S/C26H23ClFN5O3/c27-22-6-4-18(13-23(22)28)32-26(34)31-17-2-1-3-20(12-17)36-21-5-7-24-25(14-21)30-19(15-29-24)16-33-8-10-35-11-9-33/h1-7,12-15H,8-11,16H2,(H2,31,32,34). The minimum absolute atomic E-state index is 0.0150. The summed E-state index contributed by atoms with van der Waals surface area (Å²) in [4.78, 5) is 23.9. The average Bonchev–Trinajstić information content (AvgIpc) is 2.87. The lowest BCUT2D eigenvalue weighted by Crippen LogP contribution is -2.35. The number of fused-ring (bicyclic) bond motifs is 1. The number of nitrogens with one attached hydrogen (secondary N) is 2. The van der Waals surface area contributed by atoms with Crippen molar-refractivity contribution < 1.29 is 18.7 Å². The SMILES string of the molecule is O=C(Nc1cccc(Oc2ccc3ncc(CN4CCOCC4)nc3c2)c1)Nc1ccc(Cl)c(F)c1. The van der Waals surface area contributed by atoms with E-state index in [1.165, 1.54) is 12.1 Å². The zero-order valence-electron chi connectivity index (χ0n) is 19.2. The maximum atomic E-state index is 13.6. The van der Waals surface area contributed by atoms with E-state index in [1.807, 2.05) is 18.2 Å². The van der Waals surface area contributed by atoms with Gasteiger partial charge < -0.3 is 20.1 Å². The van der Waals surface area contributed by atoms with Gasteiger partial charge in [-0.25, -0.2) is 14.2 Å². The largest absolute Gasteiger partial charge is 0.457 e. The van der Waals surface area contributed by atoms with Crippen molar-refractivity contribution >= 4 is 40.0 Å². The van der Waals surface area contributed by atoms with Crippen LogP contribution in [0.25, 0.3) is 11.0 Å². The summed E-state index contributed by atoms with van der Waals surface area (Å²) in [6.07, 6.45) is 1.80. The van der Waals surface area contributed by atoms with Gasteiger partial charge in [-0.15, -0.1) is 0 Å². The molecule has 0 spiro atoms. The third-order valence-electron chi connectivity index (χ3n) is 5.56. The molecule has 1 aliphatic rings. The van der Waals surface area contributed by atoms with Crippen LogP contribution in [0.3, 0.4) is 0 Å². The number of carbonyl (C=O) groups is 1. The molecule has 2 N–H and O–H groups in total. The molecule has 0 radical (unpaired) electrons. The quantitative estimate of drug-likeness (QED) is 0.348. The Balaban J connectivity index is 1.25. The Bertz CT molecular complexity index is 1400. The maximum absolute atomic E-state index is 13.6. The van der Waals surface area contributed by atoms with Gasteiger partial charge >= 0.3 is 6.03 Å². The molecule has 5 rings (SSSR count). The van der Waals surface area contributed by atoms with Crippen LogP contribution in [0.15, 0.2) is 66.9 Å². The molecule has 1 aliphatic heterocycles. The summed E-state index contributed by atoms with van der Waals surface area (Å²) in [6, 6.07) is 16.0. The number of rotatable bonds is 6. The molecular formula is C26H23ClFN5O3. The Morgan fingerprint density at radius 2 is 1.78 bits per heavy atom. The van der Waals surface area contributed by atoms with E-state index in [0.717, 1.165) is 55.6 Å². The molecule has 1 fully saturated rings. The minimum Gasteiger partial charge on any atom is -0.457 e. The van der Waals surface area contributed by atoms with E-state index in [2.05, 4.69) is 20.5 Å². The number of halogens is 2. The Hall–Kier alpha value is -3.79. The number of benzene rings is 3. The topological polar surface area (TPSA) is 88.6 Å². The molecule has 0 bridgehead atoms. The Morgan fingerprint density at radius 1 is 1.00 bits per heavy atom. The summed E-state index contributed by atoms with van der Waals surface area (Å²) in [5.41, 5.74) is 3.19. The Kier molecular flexibility index (Phi) is 7.22. The van der Waals surface area contributed by atoms with Crippen LogP contribution >= 0.6 is 11.6 Å². The summed E-state index contributed by atoms with van der Waals surface area (Å²) in [5, 5.41) is 5.26. The van der Waals surface area contributed by atoms with Crippen LogP contribution in [-0.4, -0.2) is 47.2 Å². The van der Waals surface area contributed by atoms with E-state index in [0.29, 0.717) is 17.2 Å². The number of hydrogen-bond acceptors (Lipinski definition) is 6. The van der Waals surface area contributed by atoms with Gasteiger partial charge in [0, 0.05) is 43.1 Å². The number of amides is 2. The van der Waals surface area contributed by atoms with Gasteiger partial charge in [0.25, 0.3) is 0 Å². The predicted molar refractivity (Wildman–Crippen MR) is 136 cm³/mol. The third kappa shape index (κ3) is 6.06. The Morgan fingerprint density at radius 3 is 2.58 bits per heavy atom. The smallest absolute Gasteiger partial charge is 0.323 e. The molecule has 0 saturated carbocycles. The molecule has 2 amide bonds. The van der Waals surface area contributed by atoms with Gasteiger partial charge in [-0.2, -0.15) is 0 Å². The van der Waals surface area contributed by atoms with E-state index in [9.17, 15) is 9.18 Å². The van der Waals surface area contributed by atoms with Crippen molar-refractivity contribution in [3.05, 3.63) is 83.4 Å². The number of carbonyl (C=O) groups excluding carboxylic acids is 1. The van der Waals surface area contributed by atoms with E-state index in [4.69, 9.17) is 26.1 Å². The number of urea groups is 1. The summed E-state index contributed by atoms with van der Waals surface area (Å²) < 4.78 is 25.0. The van der Waals surface area contributed by atoms with Crippen LogP contribution in [0.5, 0.6) is 11.5 Å². The van der Waals surface area contributed by atoms with E-state index in [1.54, 1.807) is 30.5 Å². The highest BCUT2D eigenvalue weighted by Crippen LogP contribution is 2.27. The van der Waals surface area contributed by atoms with E-state index >= 15 is 0 Å². The van der Waals surface area contributed by atoms with Crippen LogP contribution in [0.4, 0.5) is 20.6 Å². The van der Waals surface area contributed by atoms with Gasteiger partial charge in [0.2, 0.25) is 0 Å². The Labute approximate surface area is 212 Å². The molecule has 184 valence electrons. The van der Waals surface area contributed by atoms with Crippen LogP contribution in [0, 0.1) is 5.82 Å². The van der Waals surface area contributed by atoms with Crippen molar-refractivity contribution in [2.45, 2.75) is 6.54 Å². The second kappa shape index (κ2) is 10.9. The summed E-state index contributed by atoms with van der Waals surface area (Å²) >= 11 is 5.68. The lowest BCUT2D eigenvalue weighted by Gasteiger charge is -2.26. The predicted octanol–water partition coefficient (Wildman–Crippen LogP) is 5.69. The van der Waals surface area contributed by atoms with Gasteiger partial charge in [-0.3, -0.25) is 9.88 Å². The van der Waals surface area contributed by atoms with Crippen molar-refractivity contribution in [3.8, 4) is 11.5 Å². The molecule has 0 aliphatic carbocycles. The fourth-order valence-corrected chi connectivity index (χ4v) is 3.92. The fraction of sp³-hybridized carbons (Fsp3) is 0.192. The molecule has 4 aromatic rings. The molecule has 10 heteroatoms. The van der Waals surface area contributed by atoms with Crippen molar-refractivity contribution in [1.29, 1.82) is 0 Å². The van der Waals surface area contributed by atoms with Crippen molar-refractivity contribution in [1.82, 2.24) is 14.9 Å². The average molecular weight is 508 g/mol. The maximum Gasteiger partial charge on any atom is 0.323 e. The van der Waals surface area contributed by atoms with Crippen molar-refractivity contribution in [2.24, 2.45) is 0 Å². The lowest BCUT2D eigenvalue weighted by molar-refractivity contribution is 0.0336. The minimum atomic E-state index is -0.613. The zero-order chi connectivity index (χ0) is 24.9. The second-order valence-electron chi connectivity index (χ2n) is 8.24. The highest BCUT2D eigenvalue weighted by Gasteiger charge is 2.13. The van der Waals surface area contributed by atoms with Gasteiger partial charge in [0.05, 0.1) is 41.2 Å². The molecule has 0 atom stereocenters. The first-order chi connectivity index (χ1) is 17.5. The summed E-state index contributed by atoms with van der Waals surface area (Å²) in [7, 11) is 0. The molecule has 8 nitrogen and oxygen atoms in total. The molecule has 36 heavy (non-hydrogen) atoms. The highest BCUT2D eigenvalue weighted by molar-refractivity contribution is 6.30. The summed E-state index contributed by atoms with van der Waals surface area (Å²) in [5.74, 6) is 0.513. The second-order valence-corrected chi connectivity index (χ2v) is 8.65. The van der Waals surface area contributed by atoms with E-state index < -0.39 is 11.8 Å². The normalized spacial score (nSPS) is 13.9.